The summed E-state index contributed by atoms with van der Waals surface area (Å²) in [6.45, 7) is 12.0. The molecule has 1 N–H and O–H groups in total. The third kappa shape index (κ3) is 5.16. The summed E-state index contributed by atoms with van der Waals surface area (Å²) in [5.74, 6) is 0. The predicted molar refractivity (Wildman–Crippen MR) is 85.0 cm³/mol. The van der Waals surface area contributed by atoms with Crippen LogP contribution in [0.25, 0.3) is 0 Å². The Morgan fingerprint density at radius 1 is 1.30 bits per heavy atom. The van der Waals surface area contributed by atoms with Crippen LogP contribution < -0.4 is 5.32 Å². The third-order valence-corrected chi connectivity index (χ3v) is 3.24. The second-order valence-electron chi connectivity index (χ2n) is 4.75. The van der Waals surface area contributed by atoms with Gasteiger partial charge in [0.2, 0.25) is 0 Å². The van der Waals surface area contributed by atoms with Crippen LogP contribution in [0.15, 0.2) is 67.4 Å². The van der Waals surface area contributed by atoms with Gasteiger partial charge in [0, 0.05) is 6.42 Å². The Kier molecular flexibility index (Phi) is 6.92. The molecule has 0 spiro atoms. The predicted octanol–water partition coefficient (Wildman–Crippen LogP) is 4.14. The molecule has 104 valence electrons. The molecule has 1 rings (SSSR count). The average Bonchev–Trinajstić information content (AvgIpc) is 2.47. The monoisotopic (exact) mass is 266 g/mol. The molecule has 0 amide bonds. The average molecular weight is 266 g/mol. The number of nitriles is 1. The van der Waals surface area contributed by atoms with Gasteiger partial charge in [0.05, 0.1) is 12.1 Å². The molecule has 2 heteroatoms. The van der Waals surface area contributed by atoms with Crippen molar-refractivity contribution in [1.82, 2.24) is 5.32 Å². The van der Waals surface area contributed by atoms with Crippen LogP contribution in [0.3, 0.4) is 0 Å². The number of hydrogen-bond acceptors (Lipinski definition) is 2. The number of nitrogens with zero attached hydrogens (tertiary/aromatic N) is 1. The van der Waals surface area contributed by atoms with Gasteiger partial charge in [-0.05, 0) is 36.6 Å². The molecule has 0 aliphatic rings. The maximum Gasteiger partial charge on any atom is 0.0621 e. The van der Waals surface area contributed by atoms with E-state index in [1.54, 1.807) is 6.20 Å². The van der Waals surface area contributed by atoms with E-state index in [0.29, 0.717) is 6.42 Å². The smallest absolute Gasteiger partial charge is 0.0621 e. The van der Waals surface area contributed by atoms with Gasteiger partial charge in [-0.1, -0.05) is 55.6 Å². The number of rotatable bonds is 9. The lowest BCUT2D eigenvalue weighted by Crippen LogP contribution is -2.29. The summed E-state index contributed by atoms with van der Waals surface area (Å²) in [7, 11) is 0. The van der Waals surface area contributed by atoms with E-state index in [4.69, 9.17) is 5.26 Å². The van der Waals surface area contributed by atoms with Crippen molar-refractivity contribution in [2.45, 2.75) is 31.7 Å². The number of hydrogen-bond donors (Lipinski definition) is 1. The van der Waals surface area contributed by atoms with Gasteiger partial charge in [-0.15, -0.1) is 0 Å². The van der Waals surface area contributed by atoms with Crippen LogP contribution in [0.1, 0.15) is 24.8 Å². The van der Waals surface area contributed by atoms with Gasteiger partial charge in [-0.3, -0.25) is 0 Å². The molecular formula is C18H22N2. The fourth-order valence-electron chi connectivity index (χ4n) is 2.06. The molecule has 0 aromatic heterocycles. The van der Waals surface area contributed by atoms with Crippen molar-refractivity contribution in [2.75, 3.05) is 0 Å². The van der Waals surface area contributed by atoms with Gasteiger partial charge >= 0.3 is 0 Å². The molecule has 0 aliphatic heterocycles. The lowest BCUT2D eigenvalue weighted by molar-refractivity contribution is 0.659. The van der Waals surface area contributed by atoms with Crippen LogP contribution in [0.4, 0.5) is 0 Å². The van der Waals surface area contributed by atoms with E-state index in [1.165, 1.54) is 5.56 Å². The van der Waals surface area contributed by atoms with Gasteiger partial charge in [-0.2, -0.15) is 5.26 Å². The van der Waals surface area contributed by atoms with Crippen LogP contribution in [-0.2, 0) is 6.42 Å². The standard InChI is InChI=1S/C18H22N2/c1-4-20-18(14-17-11-6-5-7-12-17)16(3)15(2)10-8-9-13-19/h4-7,11-12,18,20H,1-3,8-10,14H2. The van der Waals surface area contributed by atoms with E-state index >= 15 is 0 Å². The second kappa shape index (κ2) is 8.77. The van der Waals surface area contributed by atoms with E-state index in [9.17, 15) is 0 Å². The zero-order valence-electron chi connectivity index (χ0n) is 11.9. The first kappa shape index (κ1) is 15.8. The highest BCUT2D eigenvalue weighted by Gasteiger charge is 2.14. The summed E-state index contributed by atoms with van der Waals surface area (Å²) in [4.78, 5) is 0. The fraction of sp³-hybridized carbons (Fsp3) is 0.278. The minimum absolute atomic E-state index is 0.101. The van der Waals surface area contributed by atoms with Crippen LogP contribution in [0, 0.1) is 11.3 Å². The van der Waals surface area contributed by atoms with Crippen molar-refractivity contribution in [3.8, 4) is 6.07 Å². The molecule has 1 unspecified atom stereocenters. The molecule has 20 heavy (non-hydrogen) atoms. The Morgan fingerprint density at radius 2 is 2.00 bits per heavy atom. The molecule has 1 aromatic carbocycles. The van der Waals surface area contributed by atoms with Crippen molar-refractivity contribution in [2.24, 2.45) is 0 Å². The normalized spacial score (nSPS) is 11.2. The summed E-state index contributed by atoms with van der Waals surface area (Å²) >= 11 is 0. The minimum atomic E-state index is 0.101. The van der Waals surface area contributed by atoms with E-state index < -0.39 is 0 Å². The fourth-order valence-corrected chi connectivity index (χ4v) is 2.06. The zero-order valence-corrected chi connectivity index (χ0v) is 11.9. The van der Waals surface area contributed by atoms with E-state index in [0.717, 1.165) is 30.4 Å². The molecule has 0 aliphatic carbocycles. The number of nitrogens with one attached hydrogen (secondary N) is 1. The molecule has 0 bridgehead atoms. The molecular weight excluding hydrogens is 244 g/mol. The molecule has 1 aromatic rings. The largest absolute Gasteiger partial charge is 0.384 e. The summed E-state index contributed by atoms with van der Waals surface area (Å²) in [5, 5.41) is 11.8. The Morgan fingerprint density at radius 3 is 2.60 bits per heavy atom. The second-order valence-corrected chi connectivity index (χ2v) is 4.75. The highest BCUT2D eigenvalue weighted by atomic mass is 14.9. The summed E-state index contributed by atoms with van der Waals surface area (Å²) in [5.41, 5.74) is 3.25. The SMILES string of the molecule is C=CNC(Cc1ccccc1)C(=C)C(=C)CCCC#N. The van der Waals surface area contributed by atoms with Gasteiger partial charge < -0.3 is 5.32 Å². The van der Waals surface area contributed by atoms with Gasteiger partial charge in [-0.25, -0.2) is 0 Å². The van der Waals surface area contributed by atoms with Crippen molar-refractivity contribution < 1.29 is 0 Å². The maximum absolute atomic E-state index is 8.58. The van der Waals surface area contributed by atoms with Crippen molar-refractivity contribution >= 4 is 0 Å². The van der Waals surface area contributed by atoms with Crippen LogP contribution in [0.5, 0.6) is 0 Å². The highest BCUT2D eigenvalue weighted by molar-refractivity contribution is 5.33. The molecule has 0 radical (unpaired) electrons. The Bertz CT molecular complexity index is 494. The molecule has 0 saturated heterocycles. The molecule has 0 saturated carbocycles. The summed E-state index contributed by atoms with van der Waals surface area (Å²) < 4.78 is 0. The van der Waals surface area contributed by atoms with Crippen LogP contribution in [-0.4, -0.2) is 6.04 Å². The zero-order chi connectivity index (χ0) is 14.8. The van der Waals surface area contributed by atoms with Crippen LogP contribution in [0.2, 0.25) is 0 Å². The third-order valence-electron chi connectivity index (χ3n) is 3.24. The number of benzene rings is 1. The molecule has 2 nitrogen and oxygen atoms in total. The van der Waals surface area contributed by atoms with Crippen molar-refractivity contribution in [3.05, 3.63) is 73.0 Å². The van der Waals surface area contributed by atoms with Gasteiger partial charge in [0.15, 0.2) is 0 Å². The van der Waals surface area contributed by atoms with E-state index in [-0.39, 0.29) is 6.04 Å². The van der Waals surface area contributed by atoms with Crippen molar-refractivity contribution in [1.29, 1.82) is 5.26 Å². The summed E-state index contributed by atoms with van der Waals surface area (Å²) in [6.07, 6.45) is 4.76. The lowest BCUT2D eigenvalue weighted by atomic mass is 9.92. The van der Waals surface area contributed by atoms with Gasteiger partial charge in [0.25, 0.3) is 0 Å². The maximum atomic E-state index is 8.58. The minimum Gasteiger partial charge on any atom is -0.384 e. The first-order valence-electron chi connectivity index (χ1n) is 6.83. The number of unbranched alkanes of at least 4 members (excludes halogenated alkanes) is 1. The molecule has 1 atom stereocenters. The Hall–Kier alpha value is -2.27. The van der Waals surface area contributed by atoms with Crippen molar-refractivity contribution in [3.63, 3.8) is 0 Å². The molecule has 0 fully saturated rings. The lowest BCUT2D eigenvalue weighted by Gasteiger charge is -2.22. The first-order valence-corrected chi connectivity index (χ1v) is 6.83. The first-order chi connectivity index (χ1) is 9.69. The Balaban J connectivity index is 2.65. The summed E-state index contributed by atoms with van der Waals surface area (Å²) in [6, 6.07) is 12.5. The van der Waals surface area contributed by atoms with Crippen LogP contribution >= 0.6 is 0 Å². The van der Waals surface area contributed by atoms with Gasteiger partial charge in [0.1, 0.15) is 0 Å². The molecule has 0 heterocycles. The topological polar surface area (TPSA) is 35.8 Å². The van der Waals surface area contributed by atoms with E-state index in [2.05, 4.69) is 43.3 Å². The quantitative estimate of drug-likeness (QED) is 0.538. The van der Waals surface area contributed by atoms with E-state index in [1.807, 2.05) is 18.2 Å². The highest BCUT2D eigenvalue weighted by Crippen LogP contribution is 2.19. The Labute approximate surface area is 122 Å².